The Kier molecular flexibility index (Phi) is 10.2. The first kappa shape index (κ1) is 47.1. The summed E-state index contributed by atoms with van der Waals surface area (Å²) in [6.45, 7) is 0. The van der Waals surface area contributed by atoms with Gasteiger partial charge in [-0.05, 0) is 66.7 Å². The van der Waals surface area contributed by atoms with Gasteiger partial charge >= 0.3 is 0 Å². The molecule has 6 heterocycles. The van der Waals surface area contributed by atoms with Gasteiger partial charge in [0.2, 0.25) is 5.89 Å². The van der Waals surface area contributed by atoms with Gasteiger partial charge in [-0.3, -0.25) is 0 Å². The predicted molar refractivity (Wildman–Crippen MR) is 349 cm³/mol. The van der Waals surface area contributed by atoms with E-state index in [4.69, 9.17) is 19.4 Å². The first-order chi connectivity index (χ1) is 42.2. The van der Waals surface area contributed by atoms with E-state index in [2.05, 4.69) is 273 Å². The Morgan fingerprint density at radius 1 is 0.247 bits per heavy atom. The average Bonchev–Trinajstić information content (AvgIpc) is 1.69. The van der Waals surface area contributed by atoms with Crippen LogP contribution in [0.25, 0.3) is 166 Å². The molecule has 85 heavy (non-hydrogen) atoms. The van der Waals surface area contributed by atoms with E-state index in [1.165, 1.54) is 0 Å². The van der Waals surface area contributed by atoms with Crippen LogP contribution in [0.4, 0.5) is 0 Å². The summed E-state index contributed by atoms with van der Waals surface area (Å²) in [5.74, 6) is 1.02. The van der Waals surface area contributed by atoms with Crippen LogP contribution in [0.3, 0.4) is 0 Å². The second-order valence-corrected chi connectivity index (χ2v) is 21.8. The van der Waals surface area contributed by atoms with E-state index in [0.717, 1.165) is 143 Å². The minimum absolute atomic E-state index is 0.437. The molecule has 8 nitrogen and oxygen atoms in total. The Labute approximate surface area is 486 Å². The average molecular weight is 1090 g/mol. The number of hydrogen-bond donors (Lipinski definition) is 0. The van der Waals surface area contributed by atoms with E-state index in [9.17, 15) is 0 Å². The number of oxazole rings is 1. The van der Waals surface area contributed by atoms with Gasteiger partial charge in [-0.2, -0.15) is 0 Å². The van der Waals surface area contributed by atoms with Crippen molar-refractivity contribution < 1.29 is 4.42 Å². The van der Waals surface area contributed by atoms with E-state index in [1.54, 1.807) is 0 Å². The summed E-state index contributed by atoms with van der Waals surface area (Å²) in [5, 5.41) is 8.96. The van der Waals surface area contributed by atoms with E-state index >= 15 is 0 Å². The quantitative estimate of drug-likeness (QED) is 0.152. The third-order valence-corrected chi connectivity index (χ3v) is 17.2. The second kappa shape index (κ2) is 18.5. The molecule has 0 amide bonds. The SMILES string of the molecule is c1ccc(-c2cc(-c3c(-c4nc5ccccc5o4)c(-n4c5ccccc5c5ccccc54)c(-n4c5ccccc5c5ccccc54)c(-n4c5ccccc5c5ccccc54)c3-n3c4ccccc4c4ccccc43)nc(-c3ccccc3)n2)cc1. The Morgan fingerprint density at radius 3 is 0.941 bits per heavy atom. The summed E-state index contributed by atoms with van der Waals surface area (Å²) in [5.41, 5.74) is 18.0. The normalized spacial score (nSPS) is 12.0. The zero-order valence-electron chi connectivity index (χ0n) is 45.7. The molecular formula is C77H47N7O. The van der Waals surface area contributed by atoms with Crippen LogP contribution in [0.1, 0.15) is 0 Å². The van der Waals surface area contributed by atoms with Gasteiger partial charge in [-0.25, -0.2) is 15.0 Å². The van der Waals surface area contributed by atoms with E-state index in [1.807, 2.05) is 30.3 Å². The molecule has 0 unspecified atom stereocenters. The lowest BCUT2D eigenvalue weighted by atomic mass is 9.93. The summed E-state index contributed by atoms with van der Waals surface area (Å²) in [4.78, 5) is 17.1. The second-order valence-electron chi connectivity index (χ2n) is 21.8. The molecule has 18 rings (SSSR count). The molecule has 0 bridgehead atoms. The van der Waals surface area contributed by atoms with Crippen LogP contribution in [0.5, 0.6) is 0 Å². The van der Waals surface area contributed by atoms with Crippen LogP contribution in [-0.2, 0) is 0 Å². The maximum Gasteiger partial charge on any atom is 0.230 e. The maximum atomic E-state index is 7.48. The van der Waals surface area contributed by atoms with Crippen molar-refractivity contribution in [2.45, 2.75) is 0 Å². The standard InChI is InChI=1S/C77H47N7O/c1-3-25-48(26-4-1)59-47-60(79-76(78-59)49-27-5-2-6-28-49)70-71(77-80-58-37-15-24-46-69(58)85-77)73(82-63-40-18-9-31-52(63)53-32-10-19-41-64(53)82)75(84-67-44-22-13-35-56(67)57-36-14-23-45-68(57)84)74(83-65-42-20-11-33-54(65)55-34-12-21-43-66(55)83)72(70)81-61-38-16-7-29-50(61)51-30-8-17-39-62(51)81/h1-47H. The van der Waals surface area contributed by atoms with E-state index in [-0.39, 0.29) is 0 Å². The van der Waals surface area contributed by atoms with Gasteiger partial charge in [0.1, 0.15) is 5.52 Å². The van der Waals surface area contributed by atoms with Gasteiger partial charge in [-0.15, -0.1) is 0 Å². The molecule has 0 fully saturated rings. The molecule has 0 aliphatic carbocycles. The van der Waals surface area contributed by atoms with Crippen LogP contribution in [0, 0.1) is 0 Å². The summed E-state index contributed by atoms with van der Waals surface area (Å²) in [6, 6.07) is 102. The fourth-order valence-electron chi connectivity index (χ4n) is 13.7. The zero-order valence-corrected chi connectivity index (χ0v) is 45.7. The van der Waals surface area contributed by atoms with Crippen LogP contribution in [0.15, 0.2) is 290 Å². The highest BCUT2D eigenvalue weighted by atomic mass is 16.3. The number of fused-ring (bicyclic) bond motifs is 13. The van der Waals surface area contributed by atoms with Gasteiger partial charge in [0, 0.05) is 59.8 Å². The van der Waals surface area contributed by atoms with Crippen molar-refractivity contribution in [3.8, 4) is 68.1 Å². The van der Waals surface area contributed by atoms with Gasteiger partial charge in [0.05, 0.1) is 83.8 Å². The fraction of sp³-hybridized carbons (Fsp3) is 0. The summed E-state index contributed by atoms with van der Waals surface area (Å²) < 4.78 is 17.5. The molecule has 0 saturated heterocycles. The van der Waals surface area contributed by atoms with Gasteiger partial charge in [0.15, 0.2) is 11.4 Å². The van der Waals surface area contributed by atoms with Crippen LogP contribution in [-0.4, -0.2) is 33.2 Å². The van der Waals surface area contributed by atoms with Crippen LogP contribution < -0.4 is 0 Å². The predicted octanol–water partition coefficient (Wildman–Crippen LogP) is 19.7. The minimum Gasteiger partial charge on any atom is -0.436 e. The molecule has 0 saturated carbocycles. The number of benzene rings is 12. The minimum atomic E-state index is 0.437. The Morgan fingerprint density at radius 2 is 0.553 bits per heavy atom. The van der Waals surface area contributed by atoms with Crippen molar-refractivity contribution in [3.05, 3.63) is 285 Å². The highest BCUT2D eigenvalue weighted by molar-refractivity contribution is 6.18. The zero-order chi connectivity index (χ0) is 55.7. The van der Waals surface area contributed by atoms with Crippen molar-refractivity contribution in [1.82, 2.24) is 33.2 Å². The first-order valence-corrected chi connectivity index (χ1v) is 28.8. The number of aromatic nitrogens is 7. The van der Waals surface area contributed by atoms with Crippen molar-refractivity contribution in [3.63, 3.8) is 0 Å². The lowest BCUT2D eigenvalue weighted by Crippen LogP contribution is -2.17. The molecular weight excluding hydrogens is 1040 g/mol. The summed E-state index contributed by atoms with van der Waals surface area (Å²) >= 11 is 0. The molecule has 12 aromatic carbocycles. The molecule has 0 N–H and O–H groups in total. The molecule has 6 aromatic heterocycles. The molecule has 18 aromatic rings. The lowest BCUT2D eigenvalue weighted by molar-refractivity contribution is 0.619. The van der Waals surface area contributed by atoms with Gasteiger partial charge in [-0.1, -0.05) is 218 Å². The highest BCUT2D eigenvalue weighted by Crippen LogP contribution is 2.55. The van der Waals surface area contributed by atoms with Crippen molar-refractivity contribution in [2.24, 2.45) is 0 Å². The topological polar surface area (TPSA) is 71.5 Å². The van der Waals surface area contributed by atoms with Crippen molar-refractivity contribution in [2.75, 3.05) is 0 Å². The number of hydrogen-bond acceptors (Lipinski definition) is 4. The Bertz CT molecular complexity index is 5440. The Balaban J connectivity index is 1.22. The Hall–Kier alpha value is -11.6. The van der Waals surface area contributed by atoms with Crippen molar-refractivity contribution >= 4 is 98.3 Å². The number of rotatable bonds is 8. The van der Waals surface area contributed by atoms with Gasteiger partial charge < -0.3 is 22.7 Å². The third-order valence-electron chi connectivity index (χ3n) is 17.2. The van der Waals surface area contributed by atoms with E-state index in [0.29, 0.717) is 23.0 Å². The molecule has 0 radical (unpaired) electrons. The van der Waals surface area contributed by atoms with Crippen LogP contribution in [0.2, 0.25) is 0 Å². The summed E-state index contributed by atoms with van der Waals surface area (Å²) in [6.07, 6.45) is 0. The maximum absolute atomic E-state index is 7.48. The number of para-hydroxylation sites is 10. The molecule has 0 aliphatic heterocycles. The summed E-state index contributed by atoms with van der Waals surface area (Å²) in [7, 11) is 0. The number of nitrogens with zero attached hydrogens (tertiary/aromatic N) is 7. The highest BCUT2D eigenvalue weighted by Gasteiger charge is 2.38. The smallest absolute Gasteiger partial charge is 0.230 e. The first-order valence-electron chi connectivity index (χ1n) is 28.8. The monoisotopic (exact) mass is 1090 g/mol. The lowest BCUT2D eigenvalue weighted by Gasteiger charge is -2.30. The third kappa shape index (κ3) is 6.94. The van der Waals surface area contributed by atoms with Gasteiger partial charge in [0.25, 0.3) is 0 Å². The molecule has 0 atom stereocenters. The molecule has 0 spiro atoms. The molecule has 8 heteroatoms. The molecule has 0 aliphatic rings. The molecule has 396 valence electrons. The largest absolute Gasteiger partial charge is 0.436 e. The van der Waals surface area contributed by atoms with E-state index < -0.39 is 0 Å². The van der Waals surface area contributed by atoms with Crippen molar-refractivity contribution in [1.29, 1.82) is 0 Å². The van der Waals surface area contributed by atoms with Crippen LogP contribution >= 0.6 is 0 Å². The fourth-order valence-corrected chi connectivity index (χ4v) is 13.7.